The van der Waals surface area contributed by atoms with E-state index in [1.165, 1.54) is 24.2 Å². The number of benzene rings is 1. The van der Waals surface area contributed by atoms with Crippen molar-refractivity contribution in [2.45, 2.75) is 24.7 Å². The molecule has 1 N–H and O–H groups in total. The summed E-state index contributed by atoms with van der Waals surface area (Å²) in [5, 5.41) is 13.9. The summed E-state index contributed by atoms with van der Waals surface area (Å²) < 4.78 is 0. The van der Waals surface area contributed by atoms with Gasteiger partial charge in [-0.15, -0.1) is 0 Å². The maximum absolute atomic E-state index is 10.6. The molecule has 1 aromatic heterocycles. The molecule has 5 nitrogen and oxygen atoms in total. The van der Waals surface area contributed by atoms with E-state index in [0.29, 0.717) is 5.82 Å². The number of aromatic nitrogens is 1. The molecule has 1 saturated carbocycles. The zero-order valence-corrected chi connectivity index (χ0v) is 11.7. The van der Waals surface area contributed by atoms with E-state index in [2.05, 4.69) is 34.6 Å². The van der Waals surface area contributed by atoms with Crippen molar-refractivity contribution in [2.75, 3.05) is 11.9 Å². The molecule has 0 saturated heterocycles. The maximum atomic E-state index is 10.6. The zero-order chi connectivity index (χ0) is 14.7. The van der Waals surface area contributed by atoms with Crippen molar-refractivity contribution in [3.63, 3.8) is 0 Å². The third-order valence-electron chi connectivity index (χ3n) is 4.26. The highest BCUT2D eigenvalue weighted by molar-refractivity contribution is 5.42. The fourth-order valence-corrected chi connectivity index (χ4v) is 2.82. The minimum Gasteiger partial charge on any atom is -0.369 e. The van der Waals surface area contributed by atoms with E-state index in [9.17, 15) is 10.1 Å². The van der Waals surface area contributed by atoms with Crippen LogP contribution in [0.3, 0.4) is 0 Å². The van der Waals surface area contributed by atoms with Crippen LogP contribution < -0.4 is 5.32 Å². The van der Waals surface area contributed by atoms with E-state index in [1.54, 1.807) is 6.07 Å². The molecule has 0 radical (unpaired) electrons. The molecule has 0 bridgehead atoms. The summed E-state index contributed by atoms with van der Waals surface area (Å²) >= 11 is 0. The highest BCUT2D eigenvalue weighted by Crippen LogP contribution is 2.43. The van der Waals surface area contributed by atoms with E-state index in [1.807, 2.05) is 6.07 Å². The van der Waals surface area contributed by atoms with E-state index < -0.39 is 4.92 Å². The van der Waals surface area contributed by atoms with Gasteiger partial charge in [-0.25, -0.2) is 4.98 Å². The Balaban J connectivity index is 1.70. The third kappa shape index (κ3) is 2.72. The average Bonchev–Trinajstić information content (AvgIpc) is 2.48. The molecule has 1 aliphatic rings. The van der Waals surface area contributed by atoms with Gasteiger partial charge in [0.15, 0.2) is 0 Å². The first-order chi connectivity index (χ1) is 10.2. The lowest BCUT2D eigenvalue weighted by atomic mass is 9.64. The van der Waals surface area contributed by atoms with E-state index in [-0.39, 0.29) is 11.1 Å². The first-order valence-corrected chi connectivity index (χ1v) is 7.09. The van der Waals surface area contributed by atoms with Crippen molar-refractivity contribution in [2.24, 2.45) is 0 Å². The average molecular weight is 283 g/mol. The normalized spacial score (nSPS) is 16.0. The monoisotopic (exact) mass is 283 g/mol. The van der Waals surface area contributed by atoms with Gasteiger partial charge in [0.2, 0.25) is 0 Å². The molecule has 0 unspecified atom stereocenters. The molecule has 1 heterocycles. The fraction of sp³-hybridized carbons (Fsp3) is 0.312. The Morgan fingerprint density at radius 2 is 1.95 bits per heavy atom. The summed E-state index contributed by atoms with van der Waals surface area (Å²) in [7, 11) is 0. The molecule has 108 valence electrons. The summed E-state index contributed by atoms with van der Waals surface area (Å²) in [6.07, 6.45) is 4.86. The number of hydrogen-bond donors (Lipinski definition) is 1. The number of nitro groups is 1. The van der Waals surface area contributed by atoms with Crippen LogP contribution in [-0.4, -0.2) is 16.5 Å². The first-order valence-electron chi connectivity index (χ1n) is 7.09. The van der Waals surface area contributed by atoms with Crippen LogP contribution in [0.4, 0.5) is 11.5 Å². The molecule has 0 spiro atoms. The molecule has 3 rings (SSSR count). The minimum absolute atomic E-state index is 0.0157. The standard InChI is InChI=1S/C16H17N3O2/c20-19(21)14-7-8-15(17-11-14)18-12-16(9-4-10-16)13-5-2-1-3-6-13/h1-3,5-8,11H,4,9-10,12H2,(H,17,18). The lowest BCUT2D eigenvalue weighted by Crippen LogP contribution is -2.41. The Kier molecular flexibility index (Phi) is 3.56. The van der Waals surface area contributed by atoms with Gasteiger partial charge in [-0.05, 0) is 24.5 Å². The van der Waals surface area contributed by atoms with Crippen molar-refractivity contribution in [1.82, 2.24) is 4.98 Å². The second kappa shape index (κ2) is 5.52. The van der Waals surface area contributed by atoms with E-state index >= 15 is 0 Å². The molecule has 5 heteroatoms. The molecular formula is C16H17N3O2. The predicted molar refractivity (Wildman–Crippen MR) is 81.4 cm³/mol. The summed E-state index contributed by atoms with van der Waals surface area (Å²) in [6.45, 7) is 0.807. The van der Waals surface area contributed by atoms with Gasteiger partial charge in [0, 0.05) is 18.0 Å². The minimum atomic E-state index is -0.436. The number of rotatable bonds is 5. The number of anilines is 1. The second-order valence-corrected chi connectivity index (χ2v) is 5.51. The van der Waals surface area contributed by atoms with Crippen LogP contribution in [-0.2, 0) is 5.41 Å². The SMILES string of the molecule is O=[N+]([O-])c1ccc(NCC2(c3ccccc3)CCC2)nc1. The molecule has 1 aliphatic carbocycles. The van der Waals surface area contributed by atoms with Gasteiger partial charge < -0.3 is 5.32 Å². The van der Waals surface area contributed by atoms with Gasteiger partial charge in [0.1, 0.15) is 12.0 Å². The highest BCUT2D eigenvalue weighted by Gasteiger charge is 2.38. The van der Waals surface area contributed by atoms with Crippen molar-refractivity contribution in [3.05, 3.63) is 64.3 Å². The van der Waals surface area contributed by atoms with Crippen LogP contribution in [0.1, 0.15) is 24.8 Å². The molecular weight excluding hydrogens is 266 g/mol. The Labute approximate surface area is 123 Å². The fourth-order valence-electron chi connectivity index (χ4n) is 2.82. The number of nitrogens with zero attached hydrogens (tertiary/aromatic N) is 2. The van der Waals surface area contributed by atoms with Crippen molar-refractivity contribution in [1.29, 1.82) is 0 Å². The van der Waals surface area contributed by atoms with Crippen molar-refractivity contribution in [3.8, 4) is 0 Å². The number of nitrogens with one attached hydrogen (secondary N) is 1. The Bertz CT molecular complexity index is 622. The third-order valence-corrected chi connectivity index (χ3v) is 4.26. The van der Waals surface area contributed by atoms with Gasteiger partial charge in [0.05, 0.1) is 4.92 Å². The number of hydrogen-bond acceptors (Lipinski definition) is 4. The smallest absolute Gasteiger partial charge is 0.287 e. The Hall–Kier alpha value is -2.43. The largest absolute Gasteiger partial charge is 0.369 e. The van der Waals surface area contributed by atoms with Gasteiger partial charge >= 0.3 is 0 Å². The van der Waals surface area contributed by atoms with Crippen molar-refractivity contribution >= 4 is 11.5 Å². The van der Waals surface area contributed by atoms with Crippen LogP contribution in [0.5, 0.6) is 0 Å². The van der Waals surface area contributed by atoms with Gasteiger partial charge in [-0.3, -0.25) is 10.1 Å². The quantitative estimate of drug-likeness (QED) is 0.673. The topological polar surface area (TPSA) is 68.1 Å². The van der Waals surface area contributed by atoms with Crippen LogP contribution in [0.2, 0.25) is 0 Å². The molecule has 2 aromatic rings. The summed E-state index contributed by atoms with van der Waals surface area (Å²) in [6, 6.07) is 13.6. The van der Waals surface area contributed by atoms with Crippen molar-refractivity contribution < 1.29 is 4.92 Å². The zero-order valence-electron chi connectivity index (χ0n) is 11.7. The van der Waals surface area contributed by atoms with Crippen LogP contribution in [0.25, 0.3) is 0 Å². The highest BCUT2D eigenvalue weighted by atomic mass is 16.6. The van der Waals surface area contributed by atoms with Crippen LogP contribution in [0, 0.1) is 10.1 Å². The lowest BCUT2D eigenvalue weighted by molar-refractivity contribution is -0.385. The molecule has 0 aliphatic heterocycles. The summed E-state index contributed by atoms with van der Waals surface area (Å²) in [4.78, 5) is 14.3. The van der Waals surface area contributed by atoms with E-state index in [0.717, 1.165) is 19.4 Å². The summed E-state index contributed by atoms with van der Waals surface area (Å²) in [5.41, 5.74) is 1.54. The lowest BCUT2D eigenvalue weighted by Gasteiger charge is -2.42. The Morgan fingerprint density at radius 1 is 1.19 bits per heavy atom. The van der Waals surface area contributed by atoms with Gasteiger partial charge in [0.25, 0.3) is 5.69 Å². The molecule has 21 heavy (non-hydrogen) atoms. The summed E-state index contributed by atoms with van der Waals surface area (Å²) in [5.74, 6) is 0.683. The second-order valence-electron chi connectivity index (χ2n) is 5.51. The molecule has 0 amide bonds. The Morgan fingerprint density at radius 3 is 2.48 bits per heavy atom. The first kappa shape index (κ1) is 13.5. The van der Waals surface area contributed by atoms with Crippen LogP contribution >= 0.6 is 0 Å². The van der Waals surface area contributed by atoms with Gasteiger partial charge in [-0.2, -0.15) is 0 Å². The predicted octanol–water partition coefficient (Wildman–Crippen LogP) is 3.52. The molecule has 0 atom stereocenters. The molecule has 1 aromatic carbocycles. The van der Waals surface area contributed by atoms with Gasteiger partial charge in [-0.1, -0.05) is 36.8 Å². The van der Waals surface area contributed by atoms with Crippen LogP contribution in [0.15, 0.2) is 48.7 Å². The maximum Gasteiger partial charge on any atom is 0.287 e. The van der Waals surface area contributed by atoms with E-state index in [4.69, 9.17) is 0 Å². The number of pyridine rings is 1. The molecule has 1 fully saturated rings.